The summed E-state index contributed by atoms with van der Waals surface area (Å²) in [7, 11) is 0. The van der Waals surface area contributed by atoms with Crippen LogP contribution in [0.2, 0.25) is 5.02 Å². The third-order valence-corrected chi connectivity index (χ3v) is 4.06. The highest BCUT2D eigenvalue weighted by molar-refractivity contribution is 6.30. The van der Waals surface area contributed by atoms with Gasteiger partial charge in [-0.3, -0.25) is 4.79 Å². The zero-order valence-corrected chi connectivity index (χ0v) is 14.2. The molecule has 122 valence electrons. The van der Waals surface area contributed by atoms with Crippen molar-refractivity contribution in [2.24, 2.45) is 0 Å². The molecule has 0 saturated heterocycles. The summed E-state index contributed by atoms with van der Waals surface area (Å²) in [5.74, 6) is -0.126. The molecule has 5 nitrogen and oxygen atoms in total. The molecule has 1 heterocycles. The maximum atomic E-state index is 12.4. The van der Waals surface area contributed by atoms with Gasteiger partial charge in [0, 0.05) is 10.6 Å². The standard InChI is InChI=1S/C18H17ClN4O/c1-12-11-20-22-23(12)17-9-5-15(6-10-17)18(24)21-13(2)14-3-7-16(19)8-4-14/h3-11,13H,1-2H3,(H,21,24)/t13-/m0/s1. The van der Waals surface area contributed by atoms with Crippen molar-refractivity contribution in [2.45, 2.75) is 19.9 Å². The molecule has 3 aromatic rings. The molecular formula is C18H17ClN4O. The van der Waals surface area contributed by atoms with E-state index in [1.165, 1.54) is 0 Å². The first-order valence-electron chi connectivity index (χ1n) is 7.58. The number of aromatic nitrogens is 3. The van der Waals surface area contributed by atoms with Crippen LogP contribution in [0.3, 0.4) is 0 Å². The van der Waals surface area contributed by atoms with Crippen molar-refractivity contribution in [1.82, 2.24) is 20.3 Å². The van der Waals surface area contributed by atoms with Crippen LogP contribution in [0.25, 0.3) is 5.69 Å². The number of benzene rings is 2. The molecule has 1 N–H and O–H groups in total. The number of halogens is 1. The summed E-state index contributed by atoms with van der Waals surface area (Å²) in [6, 6.07) is 14.6. The topological polar surface area (TPSA) is 59.8 Å². The second kappa shape index (κ2) is 6.84. The first kappa shape index (κ1) is 16.2. The maximum Gasteiger partial charge on any atom is 0.251 e. The predicted octanol–water partition coefficient (Wildman–Crippen LogP) is 3.72. The Morgan fingerprint density at radius 2 is 1.79 bits per heavy atom. The number of rotatable bonds is 4. The summed E-state index contributed by atoms with van der Waals surface area (Å²) in [6.07, 6.45) is 1.69. The molecule has 0 radical (unpaired) electrons. The number of hydrogen-bond acceptors (Lipinski definition) is 3. The fourth-order valence-electron chi connectivity index (χ4n) is 2.41. The molecule has 3 rings (SSSR count). The van der Waals surface area contributed by atoms with Crippen molar-refractivity contribution in [3.8, 4) is 5.69 Å². The molecule has 6 heteroatoms. The van der Waals surface area contributed by atoms with Gasteiger partial charge in [0.05, 0.1) is 23.6 Å². The van der Waals surface area contributed by atoms with Gasteiger partial charge in [0.1, 0.15) is 0 Å². The Balaban J connectivity index is 1.71. The molecule has 24 heavy (non-hydrogen) atoms. The van der Waals surface area contributed by atoms with Crippen molar-refractivity contribution in [3.05, 3.63) is 76.6 Å². The third-order valence-electron chi connectivity index (χ3n) is 3.81. The van der Waals surface area contributed by atoms with Crippen molar-refractivity contribution >= 4 is 17.5 Å². The van der Waals surface area contributed by atoms with E-state index in [4.69, 9.17) is 11.6 Å². The van der Waals surface area contributed by atoms with Gasteiger partial charge in [0.2, 0.25) is 0 Å². The van der Waals surface area contributed by atoms with Crippen LogP contribution in [0, 0.1) is 6.92 Å². The lowest BCUT2D eigenvalue weighted by Crippen LogP contribution is -2.26. The highest BCUT2D eigenvalue weighted by Gasteiger charge is 2.12. The van der Waals surface area contributed by atoms with Crippen molar-refractivity contribution in [3.63, 3.8) is 0 Å². The van der Waals surface area contributed by atoms with Crippen LogP contribution in [-0.4, -0.2) is 20.9 Å². The average Bonchev–Trinajstić information content (AvgIpc) is 3.01. The van der Waals surface area contributed by atoms with Gasteiger partial charge >= 0.3 is 0 Å². The van der Waals surface area contributed by atoms with Crippen LogP contribution in [0.5, 0.6) is 0 Å². The smallest absolute Gasteiger partial charge is 0.251 e. The molecule has 0 bridgehead atoms. The fourth-order valence-corrected chi connectivity index (χ4v) is 2.54. The lowest BCUT2D eigenvalue weighted by Gasteiger charge is -2.14. The molecule has 0 aliphatic heterocycles. The number of amides is 1. The van der Waals surface area contributed by atoms with E-state index in [0.717, 1.165) is 16.9 Å². The molecule has 2 aromatic carbocycles. The molecule has 0 unspecified atom stereocenters. The molecule has 1 atom stereocenters. The van der Waals surface area contributed by atoms with Gasteiger partial charge in [-0.25, -0.2) is 4.68 Å². The number of aryl methyl sites for hydroxylation is 1. The molecule has 0 saturated carbocycles. The Morgan fingerprint density at radius 1 is 1.12 bits per heavy atom. The minimum atomic E-state index is -0.126. The number of carbonyl (C=O) groups excluding carboxylic acids is 1. The van der Waals surface area contributed by atoms with E-state index in [0.29, 0.717) is 10.6 Å². The van der Waals surface area contributed by atoms with E-state index in [9.17, 15) is 4.79 Å². The summed E-state index contributed by atoms with van der Waals surface area (Å²) in [4.78, 5) is 12.4. The van der Waals surface area contributed by atoms with Gasteiger partial charge in [-0.1, -0.05) is 28.9 Å². The molecule has 0 fully saturated rings. The van der Waals surface area contributed by atoms with E-state index in [1.54, 1.807) is 23.0 Å². The van der Waals surface area contributed by atoms with Crippen LogP contribution in [0.1, 0.15) is 34.6 Å². The molecule has 1 amide bonds. The van der Waals surface area contributed by atoms with Gasteiger partial charge in [0.25, 0.3) is 5.91 Å². The fraction of sp³-hybridized carbons (Fsp3) is 0.167. The summed E-state index contributed by atoms with van der Waals surface area (Å²) in [5.41, 5.74) is 3.40. The van der Waals surface area contributed by atoms with Crippen LogP contribution in [0.15, 0.2) is 54.7 Å². The number of hydrogen-bond donors (Lipinski definition) is 1. The first-order chi connectivity index (χ1) is 11.5. The molecule has 0 aliphatic carbocycles. The van der Waals surface area contributed by atoms with Gasteiger partial charge in [-0.2, -0.15) is 0 Å². The monoisotopic (exact) mass is 340 g/mol. The Bertz CT molecular complexity index is 840. The largest absolute Gasteiger partial charge is 0.346 e. The Labute approximate surface area is 145 Å². The second-order valence-electron chi connectivity index (χ2n) is 5.58. The van der Waals surface area contributed by atoms with Crippen LogP contribution in [-0.2, 0) is 0 Å². The van der Waals surface area contributed by atoms with Gasteiger partial charge in [-0.15, -0.1) is 5.10 Å². The van der Waals surface area contributed by atoms with Crippen LogP contribution < -0.4 is 5.32 Å². The quantitative estimate of drug-likeness (QED) is 0.787. The van der Waals surface area contributed by atoms with Crippen LogP contribution >= 0.6 is 11.6 Å². The molecule has 0 aliphatic rings. The average molecular weight is 341 g/mol. The Morgan fingerprint density at radius 3 is 2.38 bits per heavy atom. The van der Waals surface area contributed by atoms with Crippen LogP contribution in [0.4, 0.5) is 0 Å². The van der Waals surface area contributed by atoms with E-state index >= 15 is 0 Å². The van der Waals surface area contributed by atoms with E-state index in [2.05, 4.69) is 15.6 Å². The minimum absolute atomic E-state index is 0.105. The van der Waals surface area contributed by atoms with Crippen molar-refractivity contribution in [1.29, 1.82) is 0 Å². The molecule has 1 aromatic heterocycles. The predicted molar refractivity (Wildman–Crippen MR) is 93.4 cm³/mol. The highest BCUT2D eigenvalue weighted by Crippen LogP contribution is 2.17. The molecular weight excluding hydrogens is 324 g/mol. The third kappa shape index (κ3) is 3.46. The normalized spacial score (nSPS) is 12.0. The van der Waals surface area contributed by atoms with E-state index < -0.39 is 0 Å². The van der Waals surface area contributed by atoms with Gasteiger partial charge in [0.15, 0.2) is 0 Å². The SMILES string of the molecule is Cc1cnnn1-c1ccc(C(=O)N[C@@H](C)c2ccc(Cl)cc2)cc1. The van der Waals surface area contributed by atoms with E-state index in [1.807, 2.05) is 50.2 Å². The lowest BCUT2D eigenvalue weighted by molar-refractivity contribution is 0.0940. The van der Waals surface area contributed by atoms with Gasteiger partial charge < -0.3 is 5.32 Å². The zero-order chi connectivity index (χ0) is 17.1. The lowest BCUT2D eigenvalue weighted by atomic mass is 10.1. The Kier molecular flexibility index (Phi) is 4.62. The van der Waals surface area contributed by atoms with Gasteiger partial charge in [-0.05, 0) is 55.8 Å². The number of carbonyl (C=O) groups is 1. The van der Waals surface area contributed by atoms with E-state index in [-0.39, 0.29) is 11.9 Å². The molecule has 0 spiro atoms. The second-order valence-corrected chi connectivity index (χ2v) is 6.02. The number of nitrogens with one attached hydrogen (secondary N) is 1. The zero-order valence-electron chi connectivity index (χ0n) is 13.4. The first-order valence-corrected chi connectivity index (χ1v) is 7.96. The van der Waals surface area contributed by atoms with Crippen molar-refractivity contribution < 1.29 is 4.79 Å². The number of nitrogens with zero attached hydrogens (tertiary/aromatic N) is 3. The minimum Gasteiger partial charge on any atom is -0.346 e. The summed E-state index contributed by atoms with van der Waals surface area (Å²) in [6.45, 7) is 3.86. The maximum absolute atomic E-state index is 12.4. The summed E-state index contributed by atoms with van der Waals surface area (Å²) < 4.78 is 1.72. The highest BCUT2D eigenvalue weighted by atomic mass is 35.5. The summed E-state index contributed by atoms with van der Waals surface area (Å²) >= 11 is 5.89. The Hall–Kier alpha value is -2.66. The summed E-state index contributed by atoms with van der Waals surface area (Å²) in [5, 5.41) is 11.5. The van der Waals surface area contributed by atoms with Crippen molar-refractivity contribution in [2.75, 3.05) is 0 Å².